The molecule has 1 heterocycles. The average molecular weight is 499 g/mol. The van der Waals surface area contributed by atoms with Gasteiger partial charge in [-0.15, -0.1) is 13.2 Å². The number of aliphatic carboxylic acids is 1. The molecule has 0 amide bonds. The number of fused-ring (bicyclic) bond motifs is 1. The number of aryl methyl sites for hydroxylation is 1. The zero-order valence-electron chi connectivity index (χ0n) is 18.6. The Kier molecular flexibility index (Phi) is 6.28. The summed E-state index contributed by atoms with van der Waals surface area (Å²) in [5, 5.41) is 9.47. The fourth-order valence-electron chi connectivity index (χ4n) is 4.97. The molecule has 0 bridgehead atoms. The molecular formula is C23H25F3N2O5S. The van der Waals surface area contributed by atoms with Gasteiger partial charge in [-0.3, -0.25) is 4.79 Å². The van der Waals surface area contributed by atoms with E-state index in [1.54, 1.807) is 19.9 Å². The summed E-state index contributed by atoms with van der Waals surface area (Å²) in [6, 6.07) is 9.34. The Balaban J connectivity index is 1.54. The van der Waals surface area contributed by atoms with Crippen molar-refractivity contribution < 1.29 is 36.2 Å². The number of ether oxygens (including phenoxy) is 1. The standard InChI is InChI=1S/C23H25F3N2O5S/c1-14-12-27(17-5-7-18(8-6-17)33-23(24,25)26)13-15(2)28(14)34(31,32)19-9-3-16-4-10-20(22(29)30)21(16)11-19/h3,5-9,11,14-15,20H,4,10,12-13H2,1-2H3,(H,29,30)/t14-,15+,20?. The first-order valence-electron chi connectivity index (χ1n) is 10.9. The van der Waals surface area contributed by atoms with E-state index in [9.17, 15) is 31.5 Å². The molecule has 34 heavy (non-hydrogen) atoms. The predicted molar refractivity (Wildman–Crippen MR) is 118 cm³/mol. The highest BCUT2D eigenvalue weighted by molar-refractivity contribution is 7.89. The summed E-state index contributed by atoms with van der Waals surface area (Å²) < 4.78 is 69.6. The third-order valence-corrected chi connectivity index (χ3v) is 8.47. The Morgan fingerprint density at radius 2 is 1.68 bits per heavy atom. The molecule has 3 atom stereocenters. The Morgan fingerprint density at radius 1 is 1.06 bits per heavy atom. The van der Waals surface area contributed by atoms with Crippen LogP contribution in [0, 0.1) is 0 Å². The second kappa shape index (κ2) is 8.77. The number of hydrogen-bond donors (Lipinski definition) is 1. The SMILES string of the molecule is C[C@@H]1CN(c2ccc(OC(F)(F)F)cc2)C[C@H](C)N1S(=O)(=O)c1ccc2c(c1)C(C(=O)O)CC2. The van der Waals surface area contributed by atoms with E-state index in [0.29, 0.717) is 37.2 Å². The molecule has 0 saturated carbocycles. The number of alkyl halides is 3. The highest BCUT2D eigenvalue weighted by atomic mass is 32.2. The van der Waals surface area contributed by atoms with Crippen LogP contribution in [-0.4, -0.2) is 55.3 Å². The van der Waals surface area contributed by atoms with Crippen molar-refractivity contribution >= 4 is 21.7 Å². The molecule has 1 aliphatic heterocycles. The molecule has 0 spiro atoms. The summed E-state index contributed by atoms with van der Waals surface area (Å²) >= 11 is 0. The van der Waals surface area contributed by atoms with Crippen LogP contribution in [0.15, 0.2) is 47.4 Å². The van der Waals surface area contributed by atoms with Crippen molar-refractivity contribution in [3.63, 3.8) is 0 Å². The molecule has 0 aromatic heterocycles. The van der Waals surface area contributed by atoms with Gasteiger partial charge >= 0.3 is 12.3 Å². The topological polar surface area (TPSA) is 87.2 Å². The van der Waals surface area contributed by atoms with Crippen LogP contribution in [0.2, 0.25) is 0 Å². The lowest BCUT2D eigenvalue weighted by Gasteiger charge is -2.44. The molecule has 7 nitrogen and oxygen atoms in total. The van der Waals surface area contributed by atoms with E-state index in [-0.39, 0.29) is 10.6 Å². The third-order valence-electron chi connectivity index (χ3n) is 6.34. The van der Waals surface area contributed by atoms with Gasteiger partial charge in [-0.2, -0.15) is 4.31 Å². The molecule has 2 aromatic rings. The number of hydrogen-bond acceptors (Lipinski definition) is 5. The van der Waals surface area contributed by atoms with Gasteiger partial charge in [-0.1, -0.05) is 6.07 Å². The second-order valence-electron chi connectivity index (χ2n) is 8.77. The van der Waals surface area contributed by atoms with Crippen LogP contribution in [0.25, 0.3) is 0 Å². The Morgan fingerprint density at radius 3 is 2.24 bits per heavy atom. The van der Waals surface area contributed by atoms with Crippen molar-refractivity contribution in [2.45, 2.75) is 55.9 Å². The highest BCUT2D eigenvalue weighted by Gasteiger charge is 2.40. The maximum absolute atomic E-state index is 13.5. The molecule has 2 aliphatic rings. The quantitative estimate of drug-likeness (QED) is 0.671. The van der Waals surface area contributed by atoms with Gasteiger partial charge in [0.15, 0.2) is 0 Å². The van der Waals surface area contributed by atoms with Gasteiger partial charge in [0.1, 0.15) is 5.75 Å². The molecule has 2 aromatic carbocycles. The number of rotatable bonds is 5. The van der Waals surface area contributed by atoms with Crippen LogP contribution < -0.4 is 9.64 Å². The second-order valence-corrected chi connectivity index (χ2v) is 10.6. The maximum atomic E-state index is 13.5. The largest absolute Gasteiger partial charge is 0.573 e. The molecule has 1 aliphatic carbocycles. The fraction of sp³-hybridized carbons (Fsp3) is 0.435. The van der Waals surface area contributed by atoms with Crippen LogP contribution in [0.4, 0.5) is 18.9 Å². The van der Waals surface area contributed by atoms with E-state index < -0.39 is 40.4 Å². The molecular weight excluding hydrogens is 473 g/mol. The van der Waals surface area contributed by atoms with Crippen LogP contribution in [-0.2, 0) is 21.2 Å². The first kappa shape index (κ1) is 24.3. The number of nitrogens with zero attached hydrogens (tertiary/aromatic N) is 2. The molecule has 1 saturated heterocycles. The number of carboxylic acids is 1. The molecule has 1 unspecified atom stereocenters. The number of benzene rings is 2. The zero-order chi connectivity index (χ0) is 24.8. The monoisotopic (exact) mass is 498 g/mol. The van der Waals surface area contributed by atoms with E-state index in [4.69, 9.17) is 0 Å². The van der Waals surface area contributed by atoms with Gasteiger partial charge in [-0.05, 0) is 74.2 Å². The first-order valence-corrected chi connectivity index (χ1v) is 12.3. The molecule has 0 radical (unpaired) electrons. The zero-order valence-corrected chi connectivity index (χ0v) is 19.4. The van der Waals surface area contributed by atoms with Gasteiger partial charge in [0.05, 0.1) is 10.8 Å². The van der Waals surface area contributed by atoms with Gasteiger partial charge in [0.25, 0.3) is 0 Å². The number of sulfonamides is 1. The summed E-state index contributed by atoms with van der Waals surface area (Å²) in [5.41, 5.74) is 2.07. The predicted octanol–water partition coefficient (Wildman–Crippen LogP) is 3.99. The van der Waals surface area contributed by atoms with Crippen molar-refractivity contribution in [1.82, 2.24) is 4.31 Å². The summed E-state index contributed by atoms with van der Waals surface area (Å²) in [6.45, 7) is 4.22. The van der Waals surface area contributed by atoms with E-state index in [1.807, 2.05) is 4.90 Å². The van der Waals surface area contributed by atoms with Gasteiger partial charge < -0.3 is 14.7 Å². The number of halogens is 3. The van der Waals surface area contributed by atoms with Crippen molar-refractivity contribution in [2.75, 3.05) is 18.0 Å². The molecule has 11 heteroatoms. The molecule has 1 fully saturated rings. The normalized spacial score (nSPS) is 23.6. The van der Waals surface area contributed by atoms with Crippen LogP contribution >= 0.6 is 0 Å². The van der Waals surface area contributed by atoms with Crippen LogP contribution in [0.3, 0.4) is 0 Å². The van der Waals surface area contributed by atoms with E-state index in [2.05, 4.69) is 4.74 Å². The average Bonchev–Trinajstić information content (AvgIpc) is 3.16. The Hall–Kier alpha value is -2.79. The number of carbonyl (C=O) groups is 1. The maximum Gasteiger partial charge on any atom is 0.573 e. The molecule has 4 rings (SSSR count). The molecule has 1 N–H and O–H groups in total. The van der Waals surface area contributed by atoms with E-state index >= 15 is 0 Å². The number of carboxylic acid groups (broad SMARTS) is 1. The van der Waals surface area contributed by atoms with Gasteiger partial charge in [0.2, 0.25) is 10.0 Å². The fourth-order valence-corrected chi connectivity index (χ4v) is 6.81. The van der Waals surface area contributed by atoms with E-state index in [0.717, 1.165) is 5.56 Å². The third kappa shape index (κ3) is 4.72. The number of piperazine rings is 1. The summed E-state index contributed by atoms with van der Waals surface area (Å²) in [5.74, 6) is -1.99. The summed E-state index contributed by atoms with van der Waals surface area (Å²) in [6.07, 6.45) is -3.72. The molecule has 184 valence electrons. The highest BCUT2D eigenvalue weighted by Crippen LogP contribution is 2.36. The van der Waals surface area contributed by atoms with Gasteiger partial charge in [-0.25, -0.2) is 8.42 Å². The summed E-state index contributed by atoms with van der Waals surface area (Å²) in [4.78, 5) is 13.6. The van der Waals surface area contributed by atoms with Gasteiger partial charge in [0, 0.05) is 30.9 Å². The minimum atomic E-state index is -4.77. The Labute approximate surface area is 195 Å². The lowest BCUT2D eigenvalue weighted by molar-refractivity contribution is -0.274. The van der Waals surface area contributed by atoms with Crippen molar-refractivity contribution in [3.8, 4) is 5.75 Å². The first-order chi connectivity index (χ1) is 15.9. The van der Waals surface area contributed by atoms with Crippen molar-refractivity contribution in [2.24, 2.45) is 0 Å². The summed E-state index contributed by atoms with van der Waals surface area (Å²) in [7, 11) is -3.90. The Bertz CT molecular complexity index is 1170. The van der Waals surface area contributed by atoms with Crippen LogP contribution in [0.1, 0.15) is 37.3 Å². The minimum Gasteiger partial charge on any atom is -0.481 e. The lowest BCUT2D eigenvalue weighted by Crippen LogP contribution is -2.58. The number of anilines is 1. The smallest absolute Gasteiger partial charge is 0.481 e. The van der Waals surface area contributed by atoms with E-state index in [1.165, 1.54) is 40.7 Å². The van der Waals surface area contributed by atoms with Crippen molar-refractivity contribution in [1.29, 1.82) is 0 Å². The minimum absolute atomic E-state index is 0.0696. The lowest BCUT2D eigenvalue weighted by atomic mass is 10.0. The van der Waals surface area contributed by atoms with Crippen molar-refractivity contribution in [3.05, 3.63) is 53.6 Å². The van der Waals surface area contributed by atoms with Crippen LogP contribution in [0.5, 0.6) is 5.75 Å².